The number of aromatic amines is 1. The molecule has 0 aliphatic rings. The molecule has 2 N–H and O–H groups in total. The maximum atomic E-state index is 13.7. The Morgan fingerprint density at radius 3 is 3.00 bits per heavy atom. The zero-order chi connectivity index (χ0) is 15.9. The minimum Gasteiger partial charge on any atom is -0.296 e. The maximum absolute atomic E-state index is 13.7. The highest BCUT2D eigenvalue weighted by molar-refractivity contribution is 5.88. The van der Waals surface area contributed by atoms with Crippen LogP contribution in [0.1, 0.15) is 25.1 Å². The molecule has 118 valence electrons. The second kappa shape index (κ2) is 7.24. The van der Waals surface area contributed by atoms with Crippen LogP contribution in [0.25, 0.3) is 0 Å². The summed E-state index contributed by atoms with van der Waals surface area (Å²) in [6.45, 7) is 1.31. The van der Waals surface area contributed by atoms with E-state index >= 15 is 0 Å². The third-order valence-corrected chi connectivity index (χ3v) is 2.75. The number of tetrazole rings is 1. The summed E-state index contributed by atoms with van der Waals surface area (Å²) >= 11 is 0. The fourth-order valence-electron chi connectivity index (χ4n) is 1.65. The molecule has 0 fully saturated rings. The minimum atomic E-state index is -0.708. The summed E-state index contributed by atoms with van der Waals surface area (Å²) in [7, 11) is 0. The molecule has 2 rings (SSSR count). The first-order chi connectivity index (χ1) is 10.6. The Hall–Kier alpha value is -2.85. The predicted octanol–water partition coefficient (Wildman–Crippen LogP) is 0.320. The SMILES string of the molecule is Cc1noc(=O)n1C/C(F)=C\CCCC(=O)Nc1nn[nH]n1. The minimum absolute atomic E-state index is 0.0917. The van der Waals surface area contributed by atoms with Gasteiger partial charge in [0.1, 0.15) is 5.83 Å². The molecule has 0 saturated heterocycles. The van der Waals surface area contributed by atoms with Crippen molar-refractivity contribution in [3.8, 4) is 0 Å². The van der Waals surface area contributed by atoms with E-state index in [0.29, 0.717) is 18.7 Å². The van der Waals surface area contributed by atoms with Gasteiger partial charge in [0.25, 0.3) is 5.95 Å². The summed E-state index contributed by atoms with van der Waals surface area (Å²) in [6.07, 6.45) is 2.30. The number of aryl methyl sites for hydroxylation is 1. The lowest BCUT2D eigenvalue weighted by atomic mass is 10.2. The van der Waals surface area contributed by atoms with E-state index in [0.717, 1.165) is 4.57 Å². The van der Waals surface area contributed by atoms with E-state index in [1.807, 2.05) is 0 Å². The lowest BCUT2D eigenvalue weighted by Crippen LogP contribution is -2.16. The monoisotopic (exact) mass is 311 g/mol. The number of nitrogens with zero attached hydrogens (tertiary/aromatic N) is 5. The molecule has 0 radical (unpaired) electrons. The van der Waals surface area contributed by atoms with Gasteiger partial charge in [-0.2, -0.15) is 5.21 Å². The van der Waals surface area contributed by atoms with Crippen LogP contribution in [0.15, 0.2) is 21.2 Å². The van der Waals surface area contributed by atoms with Gasteiger partial charge in [-0.3, -0.25) is 19.2 Å². The van der Waals surface area contributed by atoms with Crippen LogP contribution in [0.4, 0.5) is 10.3 Å². The first-order valence-corrected chi connectivity index (χ1v) is 6.47. The smallest absolute Gasteiger partial charge is 0.296 e. The molecule has 22 heavy (non-hydrogen) atoms. The van der Waals surface area contributed by atoms with Crippen molar-refractivity contribution in [1.82, 2.24) is 30.3 Å². The van der Waals surface area contributed by atoms with Crippen LogP contribution in [0.3, 0.4) is 0 Å². The molecule has 0 spiro atoms. The molecule has 10 nitrogen and oxygen atoms in total. The molecule has 2 heterocycles. The predicted molar refractivity (Wildman–Crippen MR) is 71.3 cm³/mol. The van der Waals surface area contributed by atoms with E-state index < -0.39 is 11.6 Å². The number of amides is 1. The Morgan fingerprint density at radius 2 is 2.36 bits per heavy atom. The number of unbranched alkanes of at least 4 members (excludes halogenated alkanes) is 1. The van der Waals surface area contributed by atoms with Crippen molar-refractivity contribution in [2.45, 2.75) is 32.7 Å². The van der Waals surface area contributed by atoms with Gasteiger partial charge < -0.3 is 0 Å². The number of rotatable bonds is 7. The number of carbonyl (C=O) groups is 1. The topological polar surface area (TPSA) is 132 Å². The van der Waals surface area contributed by atoms with Gasteiger partial charge >= 0.3 is 5.76 Å². The molecule has 0 aromatic carbocycles. The van der Waals surface area contributed by atoms with Crippen LogP contribution >= 0.6 is 0 Å². The second-order valence-electron chi connectivity index (χ2n) is 4.41. The number of carbonyl (C=O) groups excluding carboxylic acids is 1. The number of nitrogens with one attached hydrogen (secondary N) is 2. The molecule has 0 unspecified atom stereocenters. The quantitative estimate of drug-likeness (QED) is 0.704. The van der Waals surface area contributed by atoms with Crippen LogP contribution in [0.2, 0.25) is 0 Å². The Labute approximate surface area is 123 Å². The van der Waals surface area contributed by atoms with E-state index in [2.05, 4.69) is 35.6 Å². The van der Waals surface area contributed by atoms with Gasteiger partial charge in [-0.15, -0.1) is 5.10 Å². The number of halogens is 1. The summed E-state index contributed by atoms with van der Waals surface area (Å²) in [5.41, 5.74) is 0. The fraction of sp³-hybridized carbons (Fsp3) is 0.455. The van der Waals surface area contributed by atoms with Crippen molar-refractivity contribution in [2.24, 2.45) is 0 Å². The molecule has 11 heteroatoms. The number of hydrogen-bond donors (Lipinski definition) is 2. The Bertz CT molecular complexity index is 704. The normalized spacial score (nSPS) is 11.6. The van der Waals surface area contributed by atoms with Gasteiger partial charge in [-0.25, -0.2) is 9.18 Å². The first-order valence-electron chi connectivity index (χ1n) is 6.47. The highest BCUT2D eigenvalue weighted by Gasteiger charge is 2.08. The molecule has 2 aromatic heterocycles. The summed E-state index contributed by atoms with van der Waals surface area (Å²) in [5.74, 6) is -1.10. The molecule has 1 amide bonds. The summed E-state index contributed by atoms with van der Waals surface area (Å²) < 4.78 is 19.1. The average Bonchev–Trinajstić information content (AvgIpc) is 3.09. The first kappa shape index (κ1) is 15.5. The zero-order valence-electron chi connectivity index (χ0n) is 11.7. The van der Waals surface area contributed by atoms with Gasteiger partial charge in [0.15, 0.2) is 5.82 Å². The van der Waals surface area contributed by atoms with E-state index in [-0.39, 0.29) is 24.8 Å². The molecule has 0 saturated carbocycles. The van der Waals surface area contributed by atoms with E-state index in [1.54, 1.807) is 6.92 Å². The van der Waals surface area contributed by atoms with Gasteiger partial charge in [-0.05, 0) is 25.0 Å². The maximum Gasteiger partial charge on any atom is 0.441 e. The third kappa shape index (κ3) is 4.33. The van der Waals surface area contributed by atoms with E-state index in [9.17, 15) is 14.0 Å². The van der Waals surface area contributed by atoms with Crippen LogP contribution in [-0.2, 0) is 11.3 Å². The summed E-state index contributed by atoms with van der Waals surface area (Å²) in [4.78, 5) is 22.7. The van der Waals surface area contributed by atoms with Crippen molar-refractivity contribution in [2.75, 3.05) is 5.32 Å². The summed E-state index contributed by atoms with van der Waals surface area (Å²) in [5, 5.41) is 18.5. The van der Waals surface area contributed by atoms with Crippen LogP contribution in [0, 0.1) is 6.92 Å². The van der Waals surface area contributed by atoms with E-state index in [4.69, 9.17) is 0 Å². The molecular weight excluding hydrogens is 297 g/mol. The Kier molecular flexibility index (Phi) is 5.11. The summed E-state index contributed by atoms with van der Waals surface area (Å²) in [6, 6.07) is 0. The van der Waals surface area contributed by atoms with Crippen molar-refractivity contribution in [3.05, 3.63) is 28.3 Å². The van der Waals surface area contributed by atoms with Crippen molar-refractivity contribution >= 4 is 11.9 Å². The standard InChI is InChI=1S/C11H14FN7O3/c1-7-16-22-11(21)19(7)6-8(12)4-2-3-5-9(20)13-10-14-17-18-15-10/h4H,2-3,5-6H2,1H3,(H2,13,14,15,17,18,20)/b8-4+. The highest BCUT2D eigenvalue weighted by Crippen LogP contribution is 2.07. The molecule has 2 aromatic rings. The fourth-order valence-corrected chi connectivity index (χ4v) is 1.65. The highest BCUT2D eigenvalue weighted by atomic mass is 19.1. The number of hydrogen-bond acceptors (Lipinski definition) is 7. The molecule has 0 atom stereocenters. The molecule has 0 bridgehead atoms. The Morgan fingerprint density at radius 1 is 1.55 bits per heavy atom. The van der Waals surface area contributed by atoms with E-state index in [1.165, 1.54) is 6.08 Å². The number of anilines is 1. The third-order valence-electron chi connectivity index (χ3n) is 2.75. The largest absolute Gasteiger partial charge is 0.441 e. The van der Waals surface area contributed by atoms with Gasteiger partial charge in [0.05, 0.1) is 6.54 Å². The lowest BCUT2D eigenvalue weighted by molar-refractivity contribution is -0.116. The van der Waals surface area contributed by atoms with Crippen molar-refractivity contribution in [3.63, 3.8) is 0 Å². The zero-order valence-corrected chi connectivity index (χ0v) is 11.7. The number of H-pyrrole nitrogens is 1. The van der Waals surface area contributed by atoms with Gasteiger partial charge in [0, 0.05) is 6.42 Å². The average molecular weight is 311 g/mol. The second-order valence-corrected chi connectivity index (χ2v) is 4.41. The van der Waals surface area contributed by atoms with Gasteiger partial charge in [0.2, 0.25) is 5.91 Å². The van der Waals surface area contributed by atoms with Crippen LogP contribution in [0.5, 0.6) is 0 Å². The number of aromatic nitrogens is 6. The van der Waals surface area contributed by atoms with Crippen LogP contribution in [-0.4, -0.2) is 36.3 Å². The van der Waals surface area contributed by atoms with Crippen molar-refractivity contribution in [1.29, 1.82) is 0 Å². The van der Waals surface area contributed by atoms with Crippen molar-refractivity contribution < 1.29 is 13.7 Å². The van der Waals surface area contributed by atoms with Crippen LogP contribution < -0.4 is 11.1 Å². The molecule has 0 aliphatic carbocycles. The lowest BCUT2D eigenvalue weighted by Gasteiger charge is -2.00. The molecular formula is C11H14FN7O3. The Balaban J connectivity index is 1.73. The molecule has 0 aliphatic heterocycles. The number of allylic oxidation sites excluding steroid dienone is 2. The van der Waals surface area contributed by atoms with Gasteiger partial charge in [-0.1, -0.05) is 16.3 Å².